The minimum atomic E-state index is 0.887. The monoisotopic (exact) mass is 269 g/mol. The zero-order valence-electron chi connectivity index (χ0n) is 12.6. The van der Waals surface area contributed by atoms with Crippen LogP contribution < -0.4 is 10.1 Å². The molecule has 0 spiro atoms. The third kappa shape index (κ3) is 4.10. The number of ether oxygens (including phenoxy) is 1. The van der Waals surface area contributed by atoms with E-state index in [1.54, 1.807) is 0 Å². The standard InChI is InChI=1S/C18H23NO/c1-4-10-19-13-16-6-5-7-17(12-16)20-18-9-8-14(2)15(3)11-18/h5-9,11-12,19H,4,10,13H2,1-3H3. The van der Waals surface area contributed by atoms with Crippen molar-refractivity contribution in [3.05, 3.63) is 59.2 Å². The molecule has 0 heterocycles. The Morgan fingerprint density at radius 2 is 1.75 bits per heavy atom. The smallest absolute Gasteiger partial charge is 0.127 e. The van der Waals surface area contributed by atoms with Gasteiger partial charge in [-0.15, -0.1) is 0 Å². The number of nitrogens with one attached hydrogen (secondary N) is 1. The summed E-state index contributed by atoms with van der Waals surface area (Å²) in [5.74, 6) is 1.79. The van der Waals surface area contributed by atoms with Crippen LogP contribution in [0.5, 0.6) is 11.5 Å². The highest BCUT2D eigenvalue weighted by atomic mass is 16.5. The van der Waals surface area contributed by atoms with Crippen molar-refractivity contribution < 1.29 is 4.74 Å². The van der Waals surface area contributed by atoms with Gasteiger partial charge in [-0.3, -0.25) is 0 Å². The van der Waals surface area contributed by atoms with Crippen LogP contribution in [0.4, 0.5) is 0 Å². The van der Waals surface area contributed by atoms with Crippen LogP contribution in [-0.4, -0.2) is 6.54 Å². The van der Waals surface area contributed by atoms with Crippen LogP contribution in [0.2, 0.25) is 0 Å². The Bertz CT molecular complexity index is 563. The number of aryl methyl sites for hydroxylation is 2. The van der Waals surface area contributed by atoms with E-state index < -0.39 is 0 Å². The summed E-state index contributed by atoms with van der Waals surface area (Å²) >= 11 is 0. The second-order valence-electron chi connectivity index (χ2n) is 5.17. The molecule has 106 valence electrons. The molecule has 2 aromatic rings. The summed E-state index contributed by atoms with van der Waals surface area (Å²) in [6, 6.07) is 14.4. The number of benzene rings is 2. The van der Waals surface area contributed by atoms with Gasteiger partial charge in [-0.1, -0.05) is 25.1 Å². The summed E-state index contributed by atoms with van der Waals surface area (Å²) in [7, 11) is 0. The Morgan fingerprint density at radius 1 is 0.950 bits per heavy atom. The molecule has 2 rings (SSSR count). The Hall–Kier alpha value is -1.80. The highest BCUT2D eigenvalue weighted by Crippen LogP contribution is 2.24. The lowest BCUT2D eigenvalue weighted by molar-refractivity contribution is 0.481. The molecule has 0 amide bonds. The van der Waals surface area contributed by atoms with Crippen molar-refractivity contribution in [1.82, 2.24) is 5.32 Å². The lowest BCUT2D eigenvalue weighted by Crippen LogP contribution is -2.13. The fourth-order valence-corrected chi connectivity index (χ4v) is 2.04. The first-order valence-corrected chi connectivity index (χ1v) is 7.24. The molecule has 0 saturated carbocycles. The molecular formula is C18H23NO. The van der Waals surface area contributed by atoms with Crippen molar-refractivity contribution >= 4 is 0 Å². The molecule has 2 aromatic carbocycles. The van der Waals surface area contributed by atoms with Crippen LogP contribution >= 0.6 is 0 Å². The van der Waals surface area contributed by atoms with Crippen molar-refractivity contribution in [2.75, 3.05) is 6.54 Å². The van der Waals surface area contributed by atoms with E-state index in [0.29, 0.717) is 0 Å². The molecule has 0 fully saturated rings. The third-order valence-corrected chi connectivity index (χ3v) is 3.37. The van der Waals surface area contributed by atoms with E-state index in [1.165, 1.54) is 16.7 Å². The van der Waals surface area contributed by atoms with Crippen LogP contribution in [0.15, 0.2) is 42.5 Å². The van der Waals surface area contributed by atoms with Gasteiger partial charge in [0.05, 0.1) is 0 Å². The summed E-state index contributed by atoms with van der Waals surface area (Å²) < 4.78 is 5.93. The fourth-order valence-electron chi connectivity index (χ4n) is 2.04. The quantitative estimate of drug-likeness (QED) is 0.774. The molecule has 2 nitrogen and oxygen atoms in total. The van der Waals surface area contributed by atoms with Gasteiger partial charge < -0.3 is 10.1 Å². The highest BCUT2D eigenvalue weighted by Gasteiger charge is 2.01. The first kappa shape index (κ1) is 14.6. The average Bonchev–Trinajstić information content (AvgIpc) is 2.44. The zero-order valence-corrected chi connectivity index (χ0v) is 12.6. The maximum absolute atomic E-state index is 5.93. The van der Waals surface area contributed by atoms with Gasteiger partial charge in [0.15, 0.2) is 0 Å². The largest absolute Gasteiger partial charge is 0.457 e. The molecule has 0 aliphatic carbocycles. The van der Waals surface area contributed by atoms with E-state index in [-0.39, 0.29) is 0 Å². The van der Waals surface area contributed by atoms with Gasteiger partial charge >= 0.3 is 0 Å². The fraction of sp³-hybridized carbons (Fsp3) is 0.333. The van der Waals surface area contributed by atoms with E-state index in [2.05, 4.69) is 50.4 Å². The predicted molar refractivity (Wildman–Crippen MR) is 84.4 cm³/mol. The summed E-state index contributed by atoms with van der Waals surface area (Å²) in [6.45, 7) is 8.32. The Labute approximate surface area is 121 Å². The molecule has 0 saturated heterocycles. The van der Waals surface area contributed by atoms with Crippen molar-refractivity contribution in [2.24, 2.45) is 0 Å². The first-order chi connectivity index (χ1) is 9.69. The average molecular weight is 269 g/mol. The van der Waals surface area contributed by atoms with Gasteiger partial charge in [-0.2, -0.15) is 0 Å². The Balaban J connectivity index is 2.05. The third-order valence-electron chi connectivity index (χ3n) is 3.37. The van der Waals surface area contributed by atoms with Crippen molar-refractivity contribution in [1.29, 1.82) is 0 Å². The summed E-state index contributed by atoms with van der Waals surface area (Å²) in [6.07, 6.45) is 1.15. The van der Waals surface area contributed by atoms with Crippen LogP contribution in [0.3, 0.4) is 0 Å². The van der Waals surface area contributed by atoms with Crippen molar-refractivity contribution in [3.63, 3.8) is 0 Å². The van der Waals surface area contributed by atoms with Gasteiger partial charge in [-0.25, -0.2) is 0 Å². The van der Waals surface area contributed by atoms with E-state index in [1.807, 2.05) is 18.2 Å². The molecular weight excluding hydrogens is 246 g/mol. The van der Waals surface area contributed by atoms with Crippen molar-refractivity contribution in [3.8, 4) is 11.5 Å². The van der Waals surface area contributed by atoms with Crippen LogP contribution in [0.25, 0.3) is 0 Å². The Morgan fingerprint density at radius 3 is 2.50 bits per heavy atom. The maximum Gasteiger partial charge on any atom is 0.127 e. The van der Waals surface area contributed by atoms with E-state index >= 15 is 0 Å². The van der Waals surface area contributed by atoms with E-state index in [4.69, 9.17) is 4.74 Å². The van der Waals surface area contributed by atoms with Crippen LogP contribution in [-0.2, 0) is 6.54 Å². The number of rotatable bonds is 6. The molecule has 1 N–H and O–H groups in total. The second-order valence-corrected chi connectivity index (χ2v) is 5.17. The predicted octanol–water partition coefficient (Wildman–Crippen LogP) is 4.60. The lowest BCUT2D eigenvalue weighted by atomic mass is 10.1. The minimum Gasteiger partial charge on any atom is -0.457 e. The minimum absolute atomic E-state index is 0.887. The van der Waals surface area contributed by atoms with Crippen LogP contribution in [0, 0.1) is 13.8 Å². The number of hydrogen-bond donors (Lipinski definition) is 1. The lowest BCUT2D eigenvalue weighted by Gasteiger charge is -2.10. The first-order valence-electron chi connectivity index (χ1n) is 7.24. The van der Waals surface area contributed by atoms with Gasteiger partial charge in [0.2, 0.25) is 0 Å². The normalized spacial score (nSPS) is 10.6. The molecule has 0 aliphatic rings. The molecule has 20 heavy (non-hydrogen) atoms. The van der Waals surface area contributed by atoms with Crippen LogP contribution in [0.1, 0.15) is 30.0 Å². The summed E-state index contributed by atoms with van der Waals surface area (Å²) in [5.41, 5.74) is 3.79. The zero-order chi connectivity index (χ0) is 14.4. The van der Waals surface area contributed by atoms with Crippen molar-refractivity contribution in [2.45, 2.75) is 33.7 Å². The van der Waals surface area contributed by atoms with Gasteiger partial charge in [0.25, 0.3) is 0 Å². The molecule has 0 atom stereocenters. The summed E-state index contributed by atoms with van der Waals surface area (Å²) in [5, 5.41) is 3.40. The second kappa shape index (κ2) is 7.11. The van der Waals surface area contributed by atoms with E-state index in [9.17, 15) is 0 Å². The molecule has 2 heteroatoms. The molecule has 0 bridgehead atoms. The Kier molecular flexibility index (Phi) is 5.19. The molecule has 0 radical (unpaired) electrons. The van der Waals surface area contributed by atoms with Gasteiger partial charge in [-0.05, 0) is 67.8 Å². The highest BCUT2D eigenvalue weighted by molar-refractivity contribution is 5.38. The topological polar surface area (TPSA) is 21.3 Å². The van der Waals surface area contributed by atoms with Gasteiger partial charge in [0, 0.05) is 6.54 Å². The number of hydrogen-bond acceptors (Lipinski definition) is 2. The summed E-state index contributed by atoms with van der Waals surface area (Å²) in [4.78, 5) is 0. The molecule has 0 aliphatic heterocycles. The SMILES string of the molecule is CCCNCc1cccc(Oc2ccc(C)c(C)c2)c1. The molecule has 0 aromatic heterocycles. The molecule has 0 unspecified atom stereocenters. The van der Waals surface area contributed by atoms with Gasteiger partial charge in [0.1, 0.15) is 11.5 Å². The van der Waals surface area contributed by atoms with E-state index in [0.717, 1.165) is 31.0 Å². The maximum atomic E-state index is 5.93.